The topological polar surface area (TPSA) is 242 Å². The van der Waals surface area contributed by atoms with Crippen LogP contribution in [0.15, 0.2) is 12.7 Å². The third-order valence-corrected chi connectivity index (χ3v) is 6.80. The number of ether oxygens (including phenoxy) is 1. The molecule has 7 N–H and O–H groups in total. The Hall–Kier alpha value is -1.55. The summed E-state index contributed by atoms with van der Waals surface area (Å²) in [6, 6.07) is 0. The first-order valence-corrected chi connectivity index (χ1v) is 11.8. The lowest BCUT2D eigenvalue weighted by molar-refractivity contribution is -0.0504. The molecule has 3 rings (SSSR count). The first kappa shape index (κ1) is 24.1. The molecule has 0 amide bonds. The third kappa shape index (κ3) is 5.63. The van der Waals surface area contributed by atoms with Crippen LogP contribution in [0.2, 0.25) is 0 Å². The van der Waals surface area contributed by atoms with Crippen molar-refractivity contribution in [3.05, 3.63) is 12.7 Å². The molecule has 3 heterocycles. The number of phosphoric ester groups is 2. The van der Waals surface area contributed by atoms with Gasteiger partial charge in [-0.25, -0.2) is 24.1 Å². The lowest BCUT2D eigenvalue weighted by atomic mass is 10.1. The molecule has 0 aliphatic carbocycles. The number of nitrogens with zero attached hydrogens (tertiary/aromatic N) is 4. The number of rotatable bonds is 10. The summed E-state index contributed by atoms with van der Waals surface area (Å²) in [6.45, 7) is -1.53. The molecule has 1 saturated heterocycles. The molecule has 6 atom stereocenters. The van der Waals surface area contributed by atoms with Gasteiger partial charge in [-0.3, -0.25) is 13.6 Å². The summed E-state index contributed by atoms with van der Waals surface area (Å²) in [5.41, 5.74) is 6.15. The highest BCUT2D eigenvalue weighted by Gasteiger charge is 2.46. The van der Waals surface area contributed by atoms with Crippen molar-refractivity contribution in [2.24, 2.45) is 0 Å². The number of aromatic nitrogens is 4. The maximum absolute atomic E-state index is 11.9. The van der Waals surface area contributed by atoms with Crippen LogP contribution in [0.5, 0.6) is 0 Å². The molecule has 1 fully saturated rings. The van der Waals surface area contributed by atoms with Crippen molar-refractivity contribution < 1.29 is 52.3 Å². The minimum absolute atomic E-state index is 0.00855. The van der Waals surface area contributed by atoms with Crippen molar-refractivity contribution in [2.75, 3.05) is 25.6 Å². The number of aliphatic hydroxyl groups is 3. The molecule has 2 unspecified atom stereocenters. The van der Waals surface area contributed by atoms with Crippen molar-refractivity contribution in [1.82, 2.24) is 19.5 Å². The van der Waals surface area contributed by atoms with E-state index in [1.165, 1.54) is 17.2 Å². The van der Waals surface area contributed by atoms with E-state index in [0.717, 1.165) is 0 Å². The van der Waals surface area contributed by atoms with Gasteiger partial charge in [-0.2, -0.15) is 4.31 Å². The number of nitrogens with two attached hydrogens (primary N) is 1. The Labute approximate surface area is 174 Å². The van der Waals surface area contributed by atoms with E-state index in [2.05, 4.69) is 28.3 Å². The Bertz CT molecular complexity index is 1010. The summed E-state index contributed by atoms with van der Waals surface area (Å²) in [6.07, 6.45) is -3.18. The highest BCUT2D eigenvalue weighted by atomic mass is 31.3. The molecule has 2 aromatic rings. The predicted octanol–water partition coefficient (Wildman–Crippen LogP) is -1.34. The fraction of sp³-hybridized carbons (Fsp3) is 0.615. The van der Waals surface area contributed by atoms with Gasteiger partial charge in [0.2, 0.25) is 0 Å². The van der Waals surface area contributed by atoms with Crippen LogP contribution in [0.4, 0.5) is 5.82 Å². The van der Waals surface area contributed by atoms with Gasteiger partial charge < -0.3 is 35.6 Å². The number of imidazole rings is 1. The molecule has 31 heavy (non-hydrogen) atoms. The fourth-order valence-electron chi connectivity index (χ4n) is 2.74. The van der Waals surface area contributed by atoms with Crippen molar-refractivity contribution in [1.29, 1.82) is 0 Å². The van der Waals surface area contributed by atoms with Crippen LogP contribution in [-0.2, 0) is 27.2 Å². The van der Waals surface area contributed by atoms with Crippen molar-refractivity contribution in [2.45, 2.75) is 31.0 Å². The molecule has 0 bridgehead atoms. The van der Waals surface area contributed by atoms with Crippen molar-refractivity contribution in [3.63, 3.8) is 0 Å². The van der Waals surface area contributed by atoms with Gasteiger partial charge in [0.25, 0.3) is 0 Å². The first-order chi connectivity index (χ1) is 14.5. The number of aliphatic hydroxyl groups excluding tert-OH is 3. The summed E-state index contributed by atoms with van der Waals surface area (Å²) in [7, 11) is -10.1. The van der Waals surface area contributed by atoms with Crippen LogP contribution in [0.1, 0.15) is 12.6 Å². The summed E-state index contributed by atoms with van der Waals surface area (Å²) >= 11 is 0. The molecule has 0 radical (unpaired) electrons. The molecule has 174 valence electrons. The molecule has 1 aliphatic heterocycles. The number of hydrogen-bond acceptors (Lipinski definition) is 13. The summed E-state index contributed by atoms with van der Waals surface area (Å²) in [5, 5.41) is 29.1. The van der Waals surface area contributed by atoms with Crippen LogP contribution in [-0.4, -0.2) is 82.8 Å². The van der Waals surface area contributed by atoms with Crippen LogP contribution in [0.3, 0.4) is 0 Å². The largest absolute Gasteiger partial charge is 0.481 e. The third-order valence-electron chi connectivity index (χ3n) is 4.16. The van der Waals surface area contributed by atoms with Crippen molar-refractivity contribution in [3.8, 4) is 0 Å². The van der Waals surface area contributed by atoms with Crippen LogP contribution < -0.4 is 5.73 Å². The maximum atomic E-state index is 11.9. The van der Waals surface area contributed by atoms with Gasteiger partial charge >= 0.3 is 15.6 Å². The molecular formula is C13H21N5O11P2. The number of nitrogen functional groups attached to an aromatic ring is 1. The predicted molar refractivity (Wildman–Crippen MR) is 100 cm³/mol. The highest BCUT2D eigenvalue weighted by molar-refractivity contribution is 7.61. The SMILES string of the molecule is Nc1ncnc2c1ncn2[C@@H]1O[C@H](COP(=O)(O)OP(=O)(O)OCCCO)[C@@H](O)[C@H]1O. The molecule has 16 nitrogen and oxygen atoms in total. The van der Waals surface area contributed by atoms with E-state index in [1.54, 1.807) is 0 Å². The Morgan fingerprint density at radius 2 is 1.84 bits per heavy atom. The number of fused-ring (bicyclic) bond motifs is 1. The number of hydrogen-bond donors (Lipinski definition) is 6. The molecule has 1 aliphatic rings. The highest BCUT2D eigenvalue weighted by Crippen LogP contribution is 2.60. The Morgan fingerprint density at radius 3 is 2.55 bits per heavy atom. The zero-order valence-corrected chi connectivity index (χ0v) is 17.5. The Kier molecular flexibility index (Phi) is 7.40. The van der Waals surface area contributed by atoms with Gasteiger partial charge in [-0.15, -0.1) is 0 Å². The summed E-state index contributed by atoms with van der Waals surface area (Å²) in [5.74, 6) is 0.0877. The molecule has 0 saturated carbocycles. The summed E-state index contributed by atoms with van der Waals surface area (Å²) < 4.78 is 43.5. The molecule has 0 spiro atoms. The summed E-state index contributed by atoms with van der Waals surface area (Å²) in [4.78, 5) is 30.9. The van der Waals surface area contributed by atoms with E-state index in [0.29, 0.717) is 0 Å². The quantitative estimate of drug-likeness (QED) is 0.168. The van der Waals surface area contributed by atoms with Crippen LogP contribution >= 0.6 is 15.6 Å². The Balaban J connectivity index is 1.64. The molecule has 0 aromatic carbocycles. The first-order valence-electron chi connectivity index (χ1n) is 8.76. The van der Waals surface area contributed by atoms with Crippen molar-refractivity contribution >= 4 is 32.6 Å². The monoisotopic (exact) mass is 485 g/mol. The second kappa shape index (κ2) is 9.52. The second-order valence-corrected chi connectivity index (χ2v) is 9.40. The van der Waals surface area contributed by atoms with Crippen LogP contribution in [0, 0.1) is 0 Å². The zero-order chi connectivity index (χ0) is 22.8. The van der Waals surface area contributed by atoms with Gasteiger partial charge in [-0.05, 0) is 6.42 Å². The average molecular weight is 485 g/mol. The van der Waals surface area contributed by atoms with Gasteiger partial charge in [0.05, 0.1) is 19.5 Å². The molecular weight excluding hydrogens is 464 g/mol. The average Bonchev–Trinajstić information content (AvgIpc) is 3.22. The normalized spacial score (nSPS) is 27.9. The van der Waals surface area contributed by atoms with E-state index in [1.807, 2.05) is 0 Å². The van der Waals surface area contributed by atoms with E-state index in [9.17, 15) is 29.1 Å². The van der Waals surface area contributed by atoms with Gasteiger partial charge in [0.1, 0.15) is 30.2 Å². The zero-order valence-electron chi connectivity index (χ0n) is 15.7. The lowest BCUT2D eigenvalue weighted by Crippen LogP contribution is -2.33. The van der Waals surface area contributed by atoms with E-state index < -0.39 is 53.4 Å². The van der Waals surface area contributed by atoms with E-state index >= 15 is 0 Å². The van der Waals surface area contributed by atoms with Gasteiger partial charge in [0, 0.05) is 6.61 Å². The minimum atomic E-state index is -5.12. The smallest absolute Gasteiger partial charge is 0.396 e. The minimum Gasteiger partial charge on any atom is -0.396 e. The van der Waals surface area contributed by atoms with E-state index in [-0.39, 0.29) is 30.0 Å². The molecule has 2 aromatic heterocycles. The molecule has 18 heteroatoms. The Morgan fingerprint density at radius 1 is 1.13 bits per heavy atom. The fourth-order valence-corrected chi connectivity index (χ4v) is 4.86. The maximum Gasteiger partial charge on any atom is 0.481 e. The van der Waals surface area contributed by atoms with Gasteiger partial charge in [0.15, 0.2) is 17.7 Å². The second-order valence-electron chi connectivity index (χ2n) is 6.35. The van der Waals surface area contributed by atoms with Crippen LogP contribution in [0.25, 0.3) is 11.2 Å². The van der Waals surface area contributed by atoms with E-state index in [4.69, 9.17) is 15.6 Å². The lowest BCUT2D eigenvalue weighted by Gasteiger charge is -2.19. The standard InChI is InChI=1S/C13H21N5O11P2/c14-11-8-12(16-5-15-11)18(6-17-8)13-10(21)9(20)7(28-13)4-27-31(24,25)29-30(22,23)26-3-1-2-19/h5-7,9-10,13,19-21H,1-4H2,(H,22,23)(H,24,25)(H2,14,15,16)/t7-,9-,10-,13-/m1/s1. The number of anilines is 1. The number of phosphoric acid groups is 2. The van der Waals surface area contributed by atoms with Gasteiger partial charge in [-0.1, -0.05) is 0 Å².